The van der Waals surface area contributed by atoms with Gasteiger partial charge in [-0.25, -0.2) is 0 Å². The van der Waals surface area contributed by atoms with Gasteiger partial charge < -0.3 is 31.5 Å². The monoisotopic (exact) mass is 386 g/mol. The highest BCUT2D eigenvalue weighted by Crippen LogP contribution is 2.26. The molecule has 1 aliphatic carbocycles. The molecule has 0 aromatic rings. The Morgan fingerprint density at radius 1 is 1.15 bits per heavy atom. The van der Waals surface area contributed by atoms with E-state index in [0.29, 0.717) is 6.42 Å². The summed E-state index contributed by atoms with van der Waals surface area (Å²) in [4.78, 5) is 57.1. The smallest absolute Gasteiger partial charge is 0.303 e. The van der Waals surface area contributed by atoms with Crippen LogP contribution in [0.25, 0.3) is 0 Å². The number of aliphatic carboxylic acids is 1. The number of rotatable bonds is 11. The number of hydrogen-bond acceptors (Lipinski definition) is 6. The van der Waals surface area contributed by atoms with Crippen LogP contribution < -0.4 is 21.7 Å². The molecule has 0 unspecified atom stereocenters. The molecule has 1 saturated carbocycles. The molecule has 0 radical (unpaired) electrons. The first-order chi connectivity index (χ1) is 12.5. The third kappa shape index (κ3) is 8.03. The first kappa shape index (κ1) is 22.4. The van der Waals surface area contributed by atoms with Crippen LogP contribution in [0, 0.1) is 0 Å². The van der Waals surface area contributed by atoms with Crippen molar-refractivity contribution in [2.24, 2.45) is 5.73 Å². The van der Waals surface area contributed by atoms with Crippen LogP contribution >= 0.6 is 0 Å². The Hall–Kier alpha value is -2.69. The minimum absolute atomic E-state index is 0.121. The zero-order valence-corrected chi connectivity index (χ0v) is 15.5. The lowest BCUT2D eigenvalue weighted by Gasteiger charge is -2.20. The summed E-state index contributed by atoms with van der Waals surface area (Å²) in [6, 6.07) is -2.25. The van der Waals surface area contributed by atoms with E-state index in [9.17, 15) is 24.0 Å². The molecule has 0 heterocycles. The van der Waals surface area contributed by atoms with Gasteiger partial charge >= 0.3 is 5.97 Å². The fourth-order valence-corrected chi connectivity index (χ4v) is 2.31. The zero-order chi connectivity index (χ0) is 20.7. The molecule has 1 aliphatic rings. The Bertz CT molecular complexity index is 610. The van der Waals surface area contributed by atoms with Crippen molar-refractivity contribution in [2.75, 3.05) is 0 Å². The number of carbonyl (C=O) groups is 5. The number of carbonyl (C=O) groups excluding carboxylic acids is 4. The average molecular weight is 386 g/mol. The van der Waals surface area contributed by atoms with E-state index in [2.05, 4.69) is 16.0 Å². The van der Waals surface area contributed by atoms with Crippen molar-refractivity contribution in [1.29, 1.82) is 0 Å². The third-order valence-electron chi connectivity index (χ3n) is 3.93. The molecule has 0 aliphatic heterocycles. The van der Waals surface area contributed by atoms with Crippen molar-refractivity contribution in [3.63, 3.8) is 0 Å². The molecule has 0 aromatic heterocycles. The lowest BCUT2D eigenvalue weighted by atomic mass is 10.1. The fourth-order valence-electron chi connectivity index (χ4n) is 2.31. The molecule has 5 atom stereocenters. The summed E-state index contributed by atoms with van der Waals surface area (Å²) >= 11 is 0. The van der Waals surface area contributed by atoms with Gasteiger partial charge in [0.05, 0.1) is 12.1 Å². The van der Waals surface area contributed by atoms with Crippen LogP contribution in [0.1, 0.15) is 40.0 Å². The lowest BCUT2D eigenvalue weighted by molar-refractivity contribution is -0.138. The maximum absolute atomic E-state index is 12.1. The second kappa shape index (κ2) is 9.86. The van der Waals surface area contributed by atoms with Crippen molar-refractivity contribution < 1.29 is 33.8 Å². The summed E-state index contributed by atoms with van der Waals surface area (Å²) in [5, 5.41) is 16.1. The summed E-state index contributed by atoms with van der Waals surface area (Å²) in [5.74, 6) is -3.38. The number of nitrogens with two attached hydrogens (primary N) is 1. The predicted molar refractivity (Wildman–Crippen MR) is 92.2 cm³/mol. The molecule has 1 rings (SSSR count). The van der Waals surface area contributed by atoms with Crippen LogP contribution in [0.3, 0.4) is 0 Å². The second-order valence-corrected chi connectivity index (χ2v) is 6.49. The maximum Gasteiger partial charge on any atom is 0.303 e. The topological polar surface area (TPSA) is 177 Å². The van der Waals surface area contributed by atoms with E-state index in [1.54, 1.807) is 0 Å². The molecule has 152 valence electrons. The van der Waals surface area contributed by atoms with Crippen LogP contribution in [-0.4, -0.2) is 65.0 Å². The number of hydrogen-bond donors (Lipinski definition) is 5. The van der Waals surface area contributed by atoms with Crippen molar-refractivity contribution in [1.82, 2.24) is 16.0 Å². The number of carboxylic acids is 1. The van der Waals surface area contributed by atoms with Gasteiger partial charge in [0, 0.05) is 13.3 Å². The summed E-state index contributed by atoms with van der Waals surface area (Å²) in [7, 11) is 0. The third-order valence-corrected chi connectivity index (χ3v) is 3.93. The van der Waals surface area contributed by atoms with E-state index in [4.69, 9.17) is 15.6 Å². The van der Waals surface area contributed by atoms with E-state index >= 15 is 0 Å². The van der Waals surface area contributed by atoms with E-state index in [1.165, 1.54) is 20.8 Å². The standard InChI is InChI=1S/C16H26N4O7/c1-7(15(25)20-10(14(17)24)4-5-13(22)23)18-16(26)8(2)27-12-6-11(12)19-9(3)21/h7-8,10-12H,4-6H2,1-3H3,(H2,17,24)(H,18,26)(H,19,21)(H,20,25)(H,22,23)/t7-,8+,10+,11+,12+/m0/s1. The predicted octanol–water partition coefficient (Wildman–Crippen LogP) is -1.99. The highest BCUT2D eigenvalue weighted by molar-refractivity contribution is 5.92. The van der Waals surface area contributed by atoms with Crippen molar-refractivity contribution in [3.05, 3.63) is 0 Å². The molecule has 0 spiro atoms. The quantitative estimate of drug-likeness (QED) is 0.273. The molecule has 6 N–H and O–H groups in total. The Labute approximate surface area is 156 Å². The van der Waals surface area contributed by atoms with E-state index in [-0.39, 0.29) is 30.9 Å². The maximum atomic E-state index is 12.1. The normalized spacial score (nSPS) is 21.3. The molecule has 0 aromatic carbocycles. The van der Waals surface area contributed by atoms with Gasteiger partial charge in [0.2, 0.25) is 23.6 Å². The Morgan fingerprint density at radius 2 is 1.78 bits per heavy atom. The SMILES string of the molecule is CC(=O)N[C@@H]1C[C@H]1O[C@H](C)C(=O)N[C@@H](C)C(=O)N[C@H](CCC(=O)O)C(N)=O. The van der Waals surface area contributed by atoms with E-state index in [0.717, 1.165) is 0 Å². The van der Waals surface area contributed by atoms with Gasteiger partial charge in [0.25, 0.3) is 0 Å². The van der Waals surface area contributed by atoms with Gasteiger partial charge in [-0.1, -0.05) is 0 Å². The van der Waals surface area contributed by atoms with Gasteiger partial charge in [0.1, 0.15) is 18.2 Å². The molecular formula is C16H26N4O7. The average Bonchev–Trinajstić information content (AvgIpc) is 3.26. The number of primary amides is 1. The van der Waals surface area contributed by atoms with E-state index < -0.39 is 41.9 Å². The van der Waals surface area contributed by atoms with Crippen LogP contribution in [0.15, 0.2) is 0 Å². The summed E-state index contributed by atoms with van der Waals surface area (Å²) in [5.41, 5.74) is 5.15. The largest absolute Gasteiger partial charge is 0.481 e. The lowest BCUT2D eigenvalue weighted by Crippen LogP contribution is -2.53. The first-order valence-corrected chi connectivity index (χ1v) is 8.55. The zero-order valence-electron chi connectivity index (χ0n) is 15.5. The number of nitrogens with one attached hydrogen (secondary N) is 3. The molecule has 27 heavy (non-hydrogen) atoms. The Kier molecular flexibility index (Phi) is 8.16. The van der Waals surface area contributed by atoms with E-state index in [1.807, 2.05) is 0 Å². The second-order valence-electron chi connectivity index (χ2n) is 6.49. The summed E-state index contributed by atoms with van der Waals surface area (Å²) in [6.45, 7) is 4.32. The van der Waals surface area contributed by atoms with Gasteiger partial charge in [-0.05, 0) is 26.7 Å². The highest BCUT2D eigenvalue weighted by Gasteiger charge is 2.41. The minimum atomic E-state index is -1.15. The summed E-state index contributed by atoms with van der Waals surface area (Å²) < 4.78 is 5.50. The highest BCUT2D eigenvalue weighted by atomic mass is 16.5. The minimum Gasteiger partial charge on any atom is -0.481 e. The number of ether oxygens (including phenoxy) is 1. The van der Waals surface area contributed by atoms with Crippen molar-refractivity contribution >= 4 is 29.6 Å². The molecule has 11 nitrogen and oxygen atoms in total. The van der Waals surface area contributed by atoms with Crippen LogP contribution in [0.2, 0.25) is 0 Å². The van der Waals surface area contributed by atoms with Crippen LogP contribution in [0.5, 0.6) is 0 Å². The van der Waals surface area contributed by atoms with Crippen LogP contribution in [0.4, 0.5) is 0 Å². The fraction of sp³-hybridized carbons (Fsp3) is 0.688. The van der Waals surface area contributed by atoms with Crippen molar-refractivity contribution in [2.45, 2.75) is 70.4 Å². The van der Waals surface area contributed by atoms with Gasteiger partial charge in [-0.3, -0.25) is 24.0 Å². The Morgan fingerprint density at radius 3 is 2.30 bits per heavy atom. The molecule has 4 amide bonds. The molecule has 0 bridgehead atoms. The van der Waals surface area contributed by atoms with Gasteiger partial charge in [-0.2, -0.15) is 0 Å². The van der Waals surface area contributed by atoms with Crippen molar-refractivity contribution in [3.8, 4) is 0 Å². The molecule has 0 saturated heterocycles. The molecule has 1 fully saturated rings. The van der Waals surface area contributed by atoms with Gasteiger partial charge in [0.15, 0.2) is 0 Å². The number of amides is 4. The Balaban J connectivity index is 2.44. The van der Waals surface area contributed by atoms with Gasteiger partial charge in [-0.15, -0.1) is 0 Å². The number of carboxylic acid groups (broad SMARTS) is 1. The molecule has 11 heteroatoms. The molecular weight excluding hydrogens is 360 g/mol. The van der Waals surface area contributed by atoms with Crippen LogP contribution in [-0.2, 0) is 28.7 Å². The first-order valence-electron chi connectivity index (χ1n) is 8.55. The summed E-state index contributed by atoms with van der Waals surface area (Å²) in [6.07, 6.45) is -0.979.